The maximum absolute atomic E-state index is 13.2. The molecule has 0 aliphatic carbocycles. The number of anilines is 1. The summed E-state index contributed by atoms with van der Waals surface area (Å²) in [5.41, 5.74) is 2.58. The van der Waals surface area contributed by atoms with Gasteiger partial charge in [0.1, 0.15) is 16.5 Å². The SMILES string of the molecule is Cc1c(C(=O)Nc2cc(F)cc(F)c2)sc2nc3ccccc3n12. The fourth-order valence-corrected chi connectivity index (χ4v) is 3.72. The van der Waals surface area contributed by atoms with Crippen LogP contribution in [-0.2, 0) is 0 Å². The number of thiazole rings is 1. The highest BCUT2D eigenvalue weighted by atomic mass is 32.1. The minimum atomic E-state index is -0.742. The molecule has 0 fully saturated rings. The van der Waals surface area contributed by atoms with Crippen LogP contribution in [0.4, 0.5) is 14.5 Å². The first-order valence-corrected chi connectivity index (χ1v) is 7.98. The maximum atomic E-state index is 13.2. The highest BCUT2D eigenvalue weighted by Gasteiger charge is 2.19. The van der Waals surface area contributed by atoms with E-state index in [4.69, 9.17) is 0 Å². The molecule has 4 rings (SSSR count). The molecule has 4 nitrogen and oxygen atoms in total. The van der Waals surface area contributed by atoms with Gasteiger partial charge in [0.2, 0.25) is 0 Å². The average molecular weight is 343 g/mol. The van der Waals surface area contributed by atoms with Crippen molar-refractivity contribution in [2.45, 2.75) is 6.92 Å². The number of amides is 1. The van der Waals surface area contributed by atoms with Crippen molar-refractivity contribution in [2.24, 2.45) is 0 Å². The summed E-state index contributed by atoms with van der Waals surface area (Å²) in [4.78, 5) is 18.1. The summed E-state index contributed by atoms with van der Waals surface area (Å²) in [7, 11) is 0. The molecule has 0 unspecified atom stereocenters. The number of hydrogen-bond donors (Lipinski definition) is 1. The number of aromatic nitrogens is 2. The van der Waals surface area contributed by atoms with E-state index in [1.807, 2.05) is 35.6 Å². The molecule has 2 aromatic heterocycles. The van der Waals surface area contributed by atoms with Crippen LogP contribution in [0.5, 0.6) is 0 Å². The molecule has 7 heteroatoms. The molecule has 4 aromatic rings. The van der Waals surface area contributed by atoms with Gasteiger partial charge in [-0.3, -0.25) is 9.20 Å². The van der Waals surface area contributed by atoms with Crippen molar-refractivity contribution < 1.29 is 13.6 Å². The Morgan fingerprint density at radius 1 is 1.17 bits per heavy atom. The second-order valence-electron chi connectivity index (χ2n) is 5.35. The van der Waals surface area contributed by atoms with Crippen molar-refractivity contribution in [3.8, 4) is 0 Å². The van der Waals surface area contributed by atoms with E-state index in [1.165, 1.54) is 11.3 Å². The van der Waals surface area contributed by atoms with Gasteiger partial charge in [-0.2, -0.15) is 0 Å². The van der Waals surface area contributed by atoms with E-state index in [0.29, 0.717) is 9.84 Å². The van der Waals surface area contributed by atoms with Crippen LogP contribution in [0.1, 0.15) is 15.4 Å². The number of imidazole rings is 1. The molecule has 1 N–H and O–H groups in total. The molecule has 24 heavy (non-hydrogen) atoms. The molecule has 0 atom stereocenters. The van der Waals surface area contributed by atoms with E-state index in [2.05, 4.69) is 10.3 Å². The van der Waals surface area contributed by atoms with Crippen LogP contribution >= 0.6 is 11.3 Å². The second kappa shape index (κ2) is 5.38. The number of rotatable bonds is 2. The van der Waals surface area contributed by atoms with Crippen LogP contribution in [0.25, 0.3) is 16.0 Å². The summed E-state index contributed by atoms with van der Waals surface area (Å²) < 4.78 is 28.4. The van der Waals surface area contributed by atoms with Gasteiger partial charge in [0.05, 0.1) is 11.0 Å². The van der Waals surface area contributed by atoms with Crippen molar-refractivity contribution in [3.63, 3.8) is 0 Å². The van der Waals surface area contributed by atoms with Gasteiger partial charge >= 0.3 is 0 Å². The average Bonchev–Trinajstić information content (AvgIpc) is 3.03. The van der Waals surface area contributed by atoms with Crippen LogP contribution in [0, 0.1) is 18.6 Å². The van der Waals surface area contributed by atoms with Gasteiger partial charge in [-0.1, -0.05) is 23.5 Å². The first-order valence-electron chi connectivity index (χ1n) is 7.17. The van der Waals surface area contributed by atoms with Gasteiger partial charge in [0, 0.05) is 17.4 Å². The minimum Gasteiger partial charge on any atom is -0.321 e. The molecule has 120 valence electrons. The molecule has 2 heterocycles. The minimum absolute atomic E-state index is 0.0767. The molecule has 0 saturated heterocycles. The van der Waals surface area contributed by atoms with Crippen molar-refractivity contribution in [1.82, 2.24) is 9.38 Å². The molecule has 0 saturated carbocycles. The summed E-state index contributed by atoms with van der Waals surface area (Å²) in [6, 6.07) is 10.5. The predicted octanol–water partition coefficient (Wildman–Crippen LogP) is 4.39. The third kappa shape index (κ3) is 2.33. The maximum Gasteiger partial charge on any atom is 0.267 e. The Labute approximate surface area is 139 Å². The largest absolute Gasteiger partial charge is 0.321 e. The quantitative estimate of drug-likeness (QED) is 0.587. The van der Waals surface area contributed by atoms with Crippen LogP contribution in [0.3, 0.4) is 0 Å². The van der Waals surface area contributed by atoms with Crippen LogP contribution in [-0.4, -0.2) is 15.3 Å². The van der Waals surface area contributed by atoms with E-state index >= 15 is 0 Å². The third-order valence-electron chi connectivity index (χ3n) is 3.71. The van der Waals surface area contributed by atoms with Gasteiger partial charge in [-0.15, -0.1) is 0 Å². The van der Waals surface area contributed by atoms with E-state index in [1.54, 1.807) is 0 Å². The standard InChI is InChI=1S/C17H11F2N3OS/c1-9-15(16(23)20-12-7-10(18)6-11(19)8-12)24-17-21-13-4-2-3-5-14(13)22(9)17/h2-8H,1H3,(H,20,23). The number of nitrogens with zero attached hydrogens (tertiary/aromatic N) is 2. The second-order valence-corrected chi connectivity index (χ2v) is 6.32. The smallest absolute Gasteiger partial charge is 0.267 e. The Morgan fingerprint density at radius 2 is 1.88 bits per heavy atom. The third-order valence-corrected chi connectivity index (χ3v) is 4.86. The zero-order chi connectivity index (χ0) is 16.8. The zero-order valence-electron chi connectivity index (χ0n) is 12.5. The number of halogens is 2. The van der Waals surface area contributed by atoms with Crippen LogP contribution in [0.2, 0.25) is 0 Å². The molecule has 0 radical (unpaired) electrons. The molecular weight excluding hydrogens is 332 g/mol. The Kier molecular flexibility index (Phi) is 3.31. The summed E-state index contributed by atoms with van der Waals surface area (Å²) >= 11 is 1.24. The van der Waals surface area contributed by atoms with Gasteiger partial charge < -0.3 is 5.32 Å². The van der Waals surface area contributed by atoms with Gasteiger partial charge in [-0.25, -0.2) is 13.8 Å². The number of benzene rings is 2. The molecule has 1 amide bonds. The van der Waals surface area contributed by atoms with Crippen molar-refractivity contribution in [2.75, 3.05) is 5.32 Å². The summed E-state index contributed by atoms with van der Waals surface area (Å²) in [6.45, 7) is 1.82. The van der Waals surface area contributed by atoms with Crippen LogP contribution in [0.15, 0.2) is 42.5 Å². The summed E-state index contributed by atoms with van der Waals surface area (Å²) in [6.07, 6.45) is 0. The molecule has 0 aliphatic heterocycles. The lowest BCUT2D eigenvalue weighted by Crippen LogP contribution is -2.12. The fraction of sp³-hybridized carbons (Fsp3) is 0.0588. The number of carbonyl (C=O) groups excluding carboxylic acids is 1. The Hall–Kier alpha value is -2.80. The normalized spacial score (nSPS) is 11.3. The first-order chi connectivity index (χ1) is 11.5. The molecule has 0 spiro atoms. The fourth-order valence-electron chi connectivity index (χ4n) is 2.69. The number of fused-ring (bicyclic) bond motifs is 3. The van der Waals surface area contributed by atoms with Crippen LogP contribution < -0.4 is 5.32 Å². The number of nitrogens with one attached hydrogen (secondary N) is 1. The predicted molar refractivity (Wildman–Crippen MR) is 89.6 cm³/mol. The van der Waals surface area contributed by atoms with E-state index in [-0.39, 0.29) is 5.69 Å². The zero-order valence-corrected chi connectivity index (χ0v) is 13.3. The van der Waals surface area contributed by atoms with E-state index in [0.717, 1.165) is 34.9 Å². The van der Waals surface area contributed by atoms with Gasteiger partial charge in [0.15, 0.2) is 4.96 Å². The molecular formula is C17H11F2N3OS. The summed E-state index contributed by atoms with van der Waals surface area (Å²) in [5.74, 6) is -1.90. The highest BCUT2D eigenvalue weighted by molar-refractivity contribution is 7.19. The van der Waals surface area contributed by atoms with Gasteiger partial charge in [-0.05, 0) is 31.2 Å². The molecule has 0 aliphatic rings. The molecule has 0 bridgehead atoms. The highest BCUT2D eigenvalue weighted by Crippen LogP contribution is 2.28. The lowest BCUT2D eigenvalue weighted by Gasteiger charge is -2.05. The molecule has 2 aromatic carbocycles. The Morgan fingerprint density at radius 3 is 2.62 bits per heavy atom. The first kappa shape index (κ1) is 14.8. The number of carbonyl (C=O) groups is 1. The van der Waals surface area contributed by atoms with Crippen molar-refractivity contribution >= 4 is 38.9 Å². The summed E-state index contributed by atoms with van der Waals surface area (Å²) in [5, 5.41) is 2.53. The monoisotopic (exact) mass is 343 g/mol. The topological polar surface area (TPSA) is 46.4 Å². The number of hydrogen-bond acceptors (Lipinski definition) is 3. The lowest BCUT2D eigenvalue weighted by atomic mass is 10.2. The van der Waals surface area contributed by atoms with E-state index in [9.17, 15) is 13.6 Å². The van der Waals surface area contributed by atoms with E-state index < -0.39 is 17.5 Å². The number of aryl methyl sites for hydroxylation is 1. The Balaban J connectivity index is 1.75. The van der Waals surface area contributed by atoms with Gasteiger partial charge in [0.25, 0.3) is 5.91 Å². The van der Waals surface area contributed by atoms with Crippen molar-refractivity contribution in [1.29, 1.82) is 0 Å². The lowest BCUT2D eigenvalue weighted by molar-refractivity contribution is 0.102. The Bertz CT molecular complexity index is 1080. The number of para-hydroxylation sites is 2. The van der Waals surface area contributed by atoms with Crippen molar-refractivity contribution in [3.05, 3.63) is 64.7 Å².